The van der Waals surface area contributed by atoms with Gasteiger partial charge in [0.1, 0.15) is 5.75 Å². The summed E-state index contributed by atoms with van der Waals surface area (Å²) >= 11 is 0. The number of hydrogen-bond donors (Lipinski definition) is 1. The molecule has 0 unspecified atom stereocenters. The van der Waals surface area contributed by atoms with E-state index in [0.29, 0.717) is 12.5 Å². The molecule has 0 bridgehead atoms. The number of carbonyl (C=O) groups is 1. The zero-order valence-electron chi connectivity index (χ0n) is 11.8. The van der Waals surface area contributed by atoms with Crippen LogP contribution < -0.4 is 10.5 Å². The Bertz CT molecular complexity index is 431. The van der Waals surface area contributed by atoms with Crippen molar-refractivity contribution in [2.45, 2.75) is 32.6 Å². The molecule has 0 amide bonds. The Morgan fingerprint density at radius 3 is 2.37 bits per heavy atom. The van der Waals surface area contributed by atoms with Gasteiger partial charge in [0, 0.05) is 17.5 Å². The summed E-state index contributed by atoms with van der Waals surface area (Å²) in [6.07, 6.45) is 4.02. The first-order chi connectivity index (χ1) is 9.11. The van der Waals surface area contributed by atoms with Gasteiger partial charge >= 0.3 is 0 Å². The first-order valence-corrected chi connectivity index (χ1v) is 7.00. The summed E-state index contributed by atoms with van der Waals surface area (Å²) in [6, 6.07) is 7.36. The number of carbonyl (C=O) groups excluding carboxylic acids is 1. The zero-order valence-corrected chi connectivity index (χ0v) is 11.8. The second-order valence-corrected chi connectivity index (χ2v) is 5.72. The van der Waals surface area contributed by atoms with Crippen LogP contribution in [0.2, 0.25) is 0 Å². The molecule has 3 heteroatoms. The van der Waals surface area contributed by atoms with E-state index in [9.17, 15) is 4.79 Å². The summed E-state index contributed by atoms with van der Waals surface area (Å²) in [5.41, 5.74) is 6.34. The van der Waals surface area contributed by atoms with Crippen LogP contribution in [-0.4, -0.2) is 19.4 Å². The molecule has 1 aliphatic rings. The molecule has 1 fully saturated rings. The van der Waals surface area contributed by atoms with E-state index in [0.717, 1.165) is 37.0 Å². The van der Waals surface area contributed by atoms with Crippen molar-refractivity contribution in [3.63, 3.8) is 0 Å². The molecular formula is C16H23NO2. The van der Waals surface area contributed by atoms with E-state index in [4.69, 9.17) is 10.5 Å². The largest absolute Gasteiger partial charge is 0.497 e. The zero-order chi connectivity index (χ0) is 13.9. The Morgan fingerprint density at radius 1 is 1.32 bits per heavy atom. The predicted octanol–water partition coefficient (Wildman–Crippen LogP) is 3.03. The molecule has 1 aliphatic carbocycles. The highest BCUT2D eigenvalue weighted by molar-refractivity contribution is 6.00. The van der Waals surface area contributed by atoms with E-state index >= 15 is 0 Å². The van der Waals surface area contributed by atoms with Crippen LogP contribution in [0.4, 0.5) is 0 Å². The lowest BCUT2D eigenvalue weighted by molar-refractivity contribution is 0.0695. The van der Waals surface area contributed by atoms with Crippen LogP contribution in [-0.2, 0) is 0 Å². The normalized spacial score (nSPS) is 27.0. The molecule has 0 heterocycles. The van der Waals surface area contributed by atoms with Crippen LogP contribution in [0.5, 0.6) is 5.75 Å². The van der Waals surface area contributed by atoms with Crippen LogP contribution in [0.25, 0.3) is 0 Å². The average Bonchev–Trinajstić information content (AvgIpc) is 2.48. The fraction of sp³-hybridized carbons (Fsp3) is 0.562. The van der Waals surface area contributed by atoms with Gasteiger partial charge in [0.25, 0.3) is 0 Å². The number of benzene rings is 1. The minimum absolute atomic E-state index is 0.199. The lowest BCUT2D eigenvalue weighted by atomic mass is 9.67. The van der Waals surface area contributed by atoms with Crippen LogP contribution >= 0.6 is 0 Å². The van der Waals surface area contributed by atoms with Crippen molar-refractivity contribution in [3.05, 3.63) is 29.8 Å². The fourth-order valence-corrected chi connectivity index (χ4v) is 2.89. The predicted molar refractivity (Wildman–Crippen MR) is 76.4 cm³/mol. The molecule has 0 aromatic heterocycles. The number of rotatable bonds is 4. The quantitative estimate of drug-likeness (QED) is 0.848. The number of nitrogens with two attached hydrogens (primary N) is 1. The number of ether oxygens (including phenoxy) is 1. The minimum atomic E-state index is -0.346. The highest BCUT2D eigenvalue weighted by Crippen LogP contribution is 2.40. The number of Topliss-reactive ketones (excluding diaryl/α,β-unsaturated/α-hetero) is 1. The van der Waals surface area contributed by atoms with Crippen LogP contribution in [0, 0.1) is 11.3 Å². The molecule has 2 rings (SSSR count). The van der Waals surface area contributed by atoms with Gasteiger partial charge in [-0.3, -0.25) is 4.79 Å². The van der Waals surface area contributed by atoms with E-state index in [1.54, 1.807) is 7.11 Å². The van der Waals surface area contributed by atoms with Crippen molar-refractivity contribution in [2.24, 2.45) is 17.1 Å². The highest BCUT2D eigenvalue weighted by atomic mass is 16.5. The summed E-state index contributed by atoms with van der Waals surface area (Å²) in [5.74, 6) is 1.68. The fourth-order valence-electron chi connectivity index (χ4n) is 2.89. The molecule has 0 saturated heterocycles. The van der Waals surface area contributed by atoms with Gasteiger partial charge in [0.15, 0.2) is 5.78 Å². The Morgan fingerprint density at radius 2 is 1.89 bits per heavy atom. The van der Waals surface area contributed by atoms with Crippen molar-refractivity contribution >= 4 is 5.78 Å². The molecule has 0 atom stereocenters. The third kappa shape index (κ3) is 2.81. The standard InChI is InChI=1S/C16H23NO2/c1-12-7-9-16(11-17,10-8-12)15(18)13-3-5-14(19-2)6-4-13/h3-6,12H,7-11,17H2,1-2H3. The molecular weight excluding hydrogens is 238 g/mol. The summed E-state index contributed by atoms with van der Waals surface area (Å²) < 4.78 is 5.12. The Kier molecular flexibility index (Phi) is 4.25. The van der Waals surface area contributed by atoms with Crippen LogP contribution in [0.15, 0.2) is 24.3 Å². The molecule has 19 heavy (non-hydrogen) atoms. The SMILES string of the molecule is COc1ccc(C(=O)C2(CN)CCC(C)CC2)cc1. The molecule has 104 valence electrons. The molecule has 1 saturated carbocycles. The molecule has 3 nitrogen and oxygen atoms in total. The van der Waals surface area contributed by atoms with Crippen molar-refractivity contribution in [2.75, 3.05) is 13.7 Å². The second-order valence-electron chi connectivity index (χ2n) is 5.72. The Balaban J connectivity index is 2.20. The summed E-state index contributed by atoms with van der Waals surface area (Å²) in [7, 11) is 1.63. The molecule has 1 aromatic carbocycles. The first-order valence-electron chi connectivity index (χ1n) is 7.00. The highest BCUT2D eigenvalue weighted by Gasteiger charge is 2.39. The number of hydrogen-bond acceptors (Lipinski definition) is 3. The number of methoxy groups -OCH3 is 1. The van der Waals surface area contributed by atoms with E-state index in [2.05, 4.69) is 6.92 Å². The summed E-state index contributed by atoms with van der Waals surface area (Å²) in [4.78, 5) is 12.7. The van der Waals surface area contributed by atoms with Crippen molar-refractivity contribution in [1.82, 2.24) is 0 Å². The Labute approximate surface area is 115 Å². The molecule has 1 aromatic rings. The van der Waals surface area contributed by atoms with Crippen LogP contribution in [0.1, 0.15) is 43.0 Å². The average molecular weight is 261 g/mol. The van der Waals surface area contributed by atoms with E-state index < -0.39 is 0 Å². The van der Waals surface area contributed by atoms with Gasteiger partial charge in [-0.05, 0) is 55.9 Å². The van der Waals surface area contributed by atoms with Crippen molar-refractivity contribution in [1.29, 1.82) is 0 Å². The van der Waals surface area contributed by atoms with Crippen molar-refractivity contribution in [3.8, 4) is 5.75 Å². The lowest BCUT2D eigenvalue weighted by Gasteiger charge is -2.37. The lowest BCUT2D eigenvalue weighted by Crippen LogP contribution is -2.41. The molecule has 2 N–H and O–H groups in total. The topological polar surface area (TPSA) is 52.3 Å². The minimum Gasteiger partial charge on any atom is -0.497 e. The van der Waals surface area contributed by atoms with Crippen molar-refractivity contribution < 1.29 is 9.53 Å². The molecule has 0 aliphatic heterocycles. The van der Waals surface area contributed by atoms with E-state index in [-0.39, 0.29) is 11.2 Å². The van der Waals surface area contributed by atoms with Gasteiger partial charge in [-0.1, -0.05) is 6.92 Å². The van der Waals surface area contributed by atoms with Gasteiger partial charge in [-0.15, -0.1) is 0 Å². The third-order valence-corrected chi connectivity index (χ3v) is 4.46. The van der Waals surface area contributed by atoms with Gasteiger partial charge < -0.3 is 10.5 Å². The summed E-state index contributed by atoms with van der Waals surface area (Å²) in [5, 5.41) is 0. The maximum absolute atomic E-state index is 12.7. The molecule has 0 spiro atoms. The maximum Gasteiger partial charge on any atom is 0.170 e. The van der Waals surface area contributed by atoms with Crippen LogP contribution in [0.3, 0.4) is 0 Å². The Hall–Kier alpha value is -1.35. The van der Waals surface area contributed by atoms with E-state index in [1.165, 1.54) is 0 Å². The maximum atomic E-state index is 12.7. The number of ketones is 1. The first kappa shape index (κ1) is 14.1. The summed E-state index contributed by atoms with van der Waals surface area (Å²) in [6.45, 7) is 2.70. The van der Waals surface area contributed by atoms with Gasteiger partial charge in [0.05, 0.1) is 7.11 Å². The van der Waals surface area contributed by atoms with E-state index in [1.807, 2.05) is 24.3 Å². The van der Waals surface area contributed by atoms with Gasteiger partial charge in [0.2, 0.25) is 0 Å². The smallest absolute Gasteiger partial charge is 0.170 e. The van der Waals surface area contributed by atoms with Gasteiger partial charge in [-0.25, -0.2) is 0 Å². The third-order valence-electron chi connectivity index (χ3n) is 4.46. The molecule has 0 radical (unpaired) electrons. The second kappa shape index (κ2) is 5.74. The monoisotopic (exact) mass is 261 g/mol. The van der Waals surface area contributed by atoms with Gasteiger partial charge in [-0.2, -0.15) is 0 Å².